The van der Waals surface area contributed by atoms with Gasteiger partial charge in [0.25, 0.3) is 0 Å². The van der Waals surface area contributed by atoms with Crippen LogP contribution in [0.2, 0.25) is 0 Å². The summed E-state index contributed by atoms with van der Waals surface area (Å²) >= 11 is 0. The highest BCUT2D eigenvalue weighted by Gasteiger charge is 2.26. The molecule has 1 aliphatic heterocycles. The maximum absolute atomic E-state index is 12.9. The van der Waals surface area contributed by atoms with Crippen LogP contribution in [0, 0.1) is 0 Å². The van der Waals surface area contributed by atoms with Crippen LogP contribution in [0.15, 0.2) is 82.6 Å². The Labute approximate surface area is 130 Å². The minimum absolute atomic E-state index is 0.934. The highest BCUT2D eigenvalue weighted by atomic mass is 32.2. The maximum Gasteiger partial charge on any atom is 0.0862 e. The molecule has 2 heteroatoms. The van der Waals surface area contributed by atoms with Crippen molar-refractivity contribution < 1.29 is 4.21 Å². The van der Waals surface area contributed by atoms with E-state index in [0.29, 0.717) is 0 Å². The van der Waals surface area contributed by atoms with Crippen molar-refractivity contribution in [2.45, 2.75) is 9.79 Å². The summed E-state index contributed by atoms with van der Waals surface area (Å²) in [6, 6.07) is 25.0. The van der Waals surface area contributed by atoms with Crippen LogP contribution in [-0.2, 0) is 10.8 Å². The van der Waals surface area contributed by atoms with E-state index in [4.69, 9.17) is 0 Å². The number of hydrogen-bond donors (Lipinski definition) is 0. The second-order valence-corrected chi connectivity index (χ2v) is 7.08. The van der Waals surface area contributed by atoms with Gasteiger partial charge in [-0.05, 0) is 45.8 Å². The summed E-state index contributed by atoms with van der Waals surface area (Å²) in [7, 11) is -1.08. The molecule has 4 aromatic rings. The summed E-state index contributed by atoms with van der Waals surface area (Å²) in [5.74, 6) is 0. The van der Waals surface area contributed by atoms with E-state index in [2.05, 4.69) is 48.5 Å². The van der Waals surface area contributed by atoms with Gasteiger partial charge in [-0.2, -0.15) is 0 Å². The lowest BCUT2D eigenvalue weighted by Gasteiger charge is -2.04. The molecule has 0 aromatic heterocycles. The molecule has 0 fully saturated rings. The molecular formula is C20H12OS. The molecule has 1 aliphatic rings. The normalized spacial score (nSPS) is 13.5. The van der Waals surface area contributed by atoms with Crippen LogP contribution < -0.4 is 0 Å². The predicted molar refractivity (Wildman–Crippen MR) is 91.6 cm³/mol. The number of rotatable bonds is 0. The Kier molecular flexibility index (Phi) is 2.36. The topological polar surface area (TPSA) is 17.1 Å². The Morgan fingerprint density at radius 3 is 1.32 bits per heavy atom. The molecule has 0 radical (unpaired) electrons. The van der Waals surface area contributed by atoms with Crippen molar-refractivity contribution in [3.05, 3.63) is 72.8 Å². The molecule has 0 amide bonds. The van der Waals surface area contributed by atoms with Crippen molar-refractivity contribution in [1.82, 2.24) is 0 Å². The fourth-order valence-electron chi connectivity index (χ4n) is 3.29. The third-order valence-electron chi connectivity index (χ3n) is 4.39. The molecule has 4 aromatic carbocycles. The van der Waals surface area contributed by atoms with Gasteiger partial charge in [-0.25, -0.2) is 4.21 Å². The molecule has 104 valence electrons. The average molecular weight is 300 g/mol. The Bertz CT molecular complexity index is 1010. The zero-order chi connectivity index (χ0) is 14.7. The standard InChI is InChI=1S/C20H12OS/c21-22-19-11-15-7-3-1-5-13(15)9-17(19)18-10-14-6-2-4-8-16(14)12-20(18)22/h1-12H. The van der Waals surface area contributed by atoms with Crippen LogP contribution >= 0.6 is 0 Å². The fraction of sp³-hybridized carbons (Fsp3) is 0. The monoisotopic (exact) mass is 300 g/mol. The van der Waals surface area contributed by atoms with E-state index in [1.807, 2.05) is 24.3 Å². The van der Waals surface area contributed by atoms with E-state index < -0.39 is 10.8 Å². The second-order valence-electron chi connectivity index (χ2n) is 5.66. The maximum atomic E-state index is 12.9. The lowest BCUT2D eigenvalue weighted by molar-refractivity contribution is 0.685. The number of benzene rings is 4. The van der Waals surface area contributed by atoms with Gasteiger partial charge in [-0.15, -0.1) is 0 Å². The van der Waals surface area contributed by atoms with Gasteiger partial charge in [-0.3, -0.25) is 0 Å². The van der Waals surface area contributed by atoms with E-state index in [0.717, 1.165) is 31.7 Å². The minimum Gasteiger partial charge on any atom is -0.249 e. The van der Waals surface area contributed by atoms with E-state index in [1.165, 1.54) is 10.8 Å². The zero-order valence-corrected chi connectivity index (χ0v) is 12.6. The highest BCUT2D eigenvalue weighted by molar-refractivity contribution is 7.85. The Balaban J connectivity index is 1.90. The summed E-state index contributed by atoms with van der Waals surface area (Å²) in [5, 5.41) is 4.68. The number of fused-ring (bicyclic) bond motifs is 5. The van der Waals surface area contributed by atoms with Crippen LogP contribution in [0.4, 0.5) is 0 Å². The molecule has 0 saturated carbocycles. The average Bonchev–Trinajstić information content (AvgIpc) is 2.83. The van der Waals surface area contributed by atoms with Gasteiger partial charge in [-0.1, -0.05) is 48.5 Å². The van der Waals surface area contributed by atoms with Crippen molar-refractivity contribution >= 4 is 32.3 Å². The summed E-state index contributed by atoms with van der Waals surface area (Å²) in [6.07, 6.45) is 0. The molecule has 0 spiro atoms. The van der Waals surface area contributed by atoms with E-state index in [1.54, 1.807) is 0 Å². The lowest BCUT2D eigenvalue weighted by Crippen LogP contribution is -1.86. The number of hydrogen-bond acceptors (Lipinski definition) is 1. The van der Waals surface area contributed by atoms with Gasteiger partial charge in [0.15, 0.2) is 0 Å². The Morgan fingerprint density at radius 2 is 0.909 bits per heavy atom. The first-order valence-electron chi connectivity index (χ1n) is 7.29. The Morgan fingerprint density at radius 1 is 0.545 bits per heavy atom. The highest BCUT2D eigenvalue weighted by Crippen LogP contribution is 2.44. The largest absolute Gasteiger partial charge is 0.249 e. The molecule has 22 heavy (non-hydrogen) atoms. The van der Waals surface area contributed by atoms with Crippen LogP contribution in [0.3, 0.4) is 0 Å². The zero-order valence-electron chi connectivity index (χ0n) is 11.7. The third-order valence-corrected chi connectivity index (χ3v) is 5.86. The summed E-state index contributed by atoms with van der Waals surface area (Å²) in [4.78, 5) is 1.87. The summed E-state index contributed by atoms with van der Waals surface area (Å²) in [6.45, 7) is 0. The lowest BCUT2D eigenvalue weighted by atomic mass is 9.99. The quantitative estimate of drug-likeness (QED) is 0.387. The van der Waals surface area contributed by atoms with Crippen molar-refractivity contribution in [3.63, 3.8) is 0 Å². The molecular weight excluding hydrogens is 288 g/mol. The van der Waals surface area contributed by atoms with E-state index in [-0.39, 0.29) is 0 Å². The van der Waals surface area contributed by atoms with Crippen LogP contribution in [0.25, 0.3) is 32.7 Å². The first kappa shape index (κ1) is 12.1. The van der Waals surface area contributed by atoms with E-state index >= 15 is 0 Å². The molecule has 0 N–H and O–H groups in total. The van der Waals surface area contributed by atoms with Crippen LogP contribution in [0.1, 0.15) is 0 Å². The third kappa shape index (κ3) is 1.56. The first-order valence-corrected chi connectivity index (χ1v) is 8.44. The van der Waals surface area contributed by atoms with Gasteiger partial charge in [0.2, 0.25) is 0 Å². The van der Waals surface area contributed by atoms with Gasteiger partial charge >= 0.3 is 0 Å². The smallest absolute Gasteiger partial charge is 0.0862 e. The van der Waals surface area contributed by atoms with Gasteiger partial charge in [0.1, 0.15) is 0 Å². The van der Waals surface area contributed by atoms with Crippen LogP contribution in [-0.4, -0.2) is 4.21 Å². The van der Waals surface area contributed by atoms with Crippen molar-refractivity contribution in [2.75, 3.05) is 0 Å². The summed E-state index contributed by atoms with van der Waals surface area (Å²) in [5.41, 5.74) is 2.22. The van der Waals surface area contributed by atoms with Crippen molar-refractivity contribution in [3.8, 4) is 11.1 Å². The molecule has 1 heterocycles. The Hall–Kier alpha value is -2.45. The molecule has 0 atom stereocenters. The second kappa shape index (κ2) is 4.28. The van der Waals surface area contributed by atoms with Gasteiger partial charge < -0.3 is 0 Å². The van der Waals surface area contributed by atoms with Crippen molar-refractivity contribution in [2.24, 2.45) is 0 Å². The van der Waals surface area contributed by atoms with Crippen molar-refractivity contribution in [1.29, 1.82) is 0 Å². The molecule has 0 unspecified atom stereocenters. The molecule has 1 nitrogen and oxygen atoms in total. The van der Waals surface area contributed by atoms with Gasteiger partial charge in [0.05, 0.1) is 20.6 Å². The van der Waals surface area contributed by atoms with Crippen LogP contribution in [0.5, 0.6) is 0 Å². The summed E-state index contributed by atoms with van der Waals surface area (Å²) < 4.78 is 12.9. The van der Waals surface area contributed by atoms with Gasteiger partial charge in [0, 0.05) is 11.1 Å². The fourth-order valence-corrected chi connectivity index (χ4v) is 4.73. The SMILES string of the molecule is O=S1c2cc3ccccc3cc2-c2cc3ccccc3cc21. The van der Waals surface area contributed by atoms with E-state index in [9.17, 15) is 4.21 Å². The minimum atomic E-state index is -1.08. The molecule has 5 rings (SSSR count). The predicted octanol–water partition coefficient (Wildman–Crippen LogP) is 5.14. The molecule has 0 bridgehead atoms. The molecule has 0 saturated heterocycles. The molecule has 0 aliphatic carbocycles. The first-order chi connectivity index (χ1) is 10.8.